The van der Waals surface area contributed by atoms with Crippen LogP contribution >= 0.6 is 15.9 Å². The van der Waals surface area contributed by atoms with Crippen molar-refractivity contribution in [2.45, 2.75) is 44.2 Å². The maximum atomic E-state index is 6.30. The zero-order valence-corrected chi connectivity index (χ0v) is 11.7. The minimum atomic E-state index is 0.00657. The standard InChI is InChI=1S/C14H18BrNO/c1-9-4-5-14(7-9)8-12(16)11-3-2-10(15)6-13(11)17-14/h2-3,6,9,12H,4-5,7-8,16H2,1H3/t9?,12-,14?/m0/s1. The van der Waals surface area contributed by atoms with E-state index < -0.39 is 0 Å². The van der Waals surface area contributed by atoms with Crippen LogP contribution in [0.5, 0.6) is 5.75 Å². The van der Waals surface area contributed by atoms with E-state index in [0.29, 0.717) is 0 Å². The molecule has 1 aromatic rings. The Hall–Kier alpha value is -0.540. The van der Waals surface area contributed by atoms with Gasteiger partial charge in [0.25, 0.3) is 0 Å². The first kappa shape index (κ1) is 11.5. The third-order valence-corrected chi connectivity index (χ3v) is 4.60. The van der Waals surface area contributed by atoms with Gasteiger partial charge in [0.15, 0.2) is 0 Å². The number of ether oxygens (including phenoxy) is 1. The van der Waals surface area contributed by atoms with Crippen molar-refractivity contribution in [1.29, 1.82) is 0 Å². The highest BCUT2D eigenvalue weighted by Crippen LogP contribution is 2.48. The van der Waals surface area contributed by atoms with E-state index in [1.165, 1.54) is 6.42 Å². The molecule has 3 atom stereocenters. The fourth-order valence-corrected chi connectivity index (χ4v) is 3.66. The van der Waals surface area contributed by atoms with E-state index in [-0.39, 0.29) is 11.6 Å². The molecule has 1 saturated carbocycles. The van der Waals surface area contributed by atoms with Crippen LogP contribution in [0.2, 0.25) is 0 Å². The molecule has 1 aliphatic carbocycles. The molecule has 0 radical (unpaired) electrons. The lowest BCUT2D eigenvalue weighted by molar-refractivity contribution is 0.0393. The lowest BCUT2D eigenvalue weighted by Gasteiger charge is -2.39. The van der Waals surface area contributed by atoms with Gasteiger partial charge in [-0.1, -0.05) is 28.9 Å². The molecule has 2 nitrogen and oxygen atoms in total. The minimum absolute atomic E-state index is 0.00657. The summed E-state index contributed by atoms with van der Waals surface area (Å²) in [6, 6.07) is 6.29. The molecule has 2 unspecified atom stereocenters. The van der Waals surface area contributed by atoms with E-state index in [0.717, 1.165) is 41.0 Å². The number of rotatable bonds is 0. The number of halogens is 1. The first-order valence-corrected chi connectivity index (χ1v) is 7.11. The second-order valence-corrected chi connectivity index (χ2v) is 6.54. The summed E-state index contributed by atoms with van der Waals surface area (Å²) in [6.07, 6.45) is 4.52. The smallest absolute Gasteiger partial charge is 0.126 e. The van der Waals surface area contributed by atoms with Crippen LogP contribution in [0.3, 0.4) is 0 Å². The zero-order valence-electron chi connectivity index (χ0n) is 10.1. The van der Waals surface area contributed by atoms with Crippen LogP contribution in [-0.2, 0) is 0 Å². The van der Waals surface area contributed by atoms with Crippen LogP contribution in [0, 0.1) is 5.92 Å². The summed E-state index contributed by atoms with van der Waals surface area (Å²) >= 11 is 3.50. The zero-order chi connectivity index (χ0) is 12.0. The average molecular weight is 296 g/mol. The molecule has 1 heterocycles. The van der Waals surface area contributed by atoms with Crippen molar-refractivity contribution >= 4 is 15.9 Å². The van der Waals surface area contributed by atoms with Crippen molar-refractivity contribution in [3.8, 4) is 5.75 Å². The number of hydrogen-bond donors (Lipinski definition) is 1. The molecule has 92 valence electrons. The summed E-state index contributed by atoms with van der Waals surface area (Å²) < 4.78 is 7.35. The summed E-state index contributed by atoms with van der Waals surface area (Å²) in [6.45, 7) is 2.31. The Kier molecular flexibility index (Phi) is 2.71. The van der Waals surface area contributed by atoms with Gasteiger partial charge in [-0.05, 0) is 37.3 Å². The van der Waals surface area contributed by atoms with Crippen molar-refractivity contribution < 1.29 is 4.74 Å². The van der Waals surface area contributed by atoms with Crippen molar-refractivity contribution in [2.75, 3.05) is 0 Å². The summed E-state index contributed by atoms with van der Waals surface area (Å²) in [5, 5.41) is 0. The molecule has 1 fully saturated rings. The van der Waals surface area contributed by atoms with Crippen LogP contribution in [0.15, 0.2) is 22.7 Å². The Labute approximate surface area is 111 Å². The maximum Gasteiger partial charge on any atom is 0.126 e. The molecule has 2 aliphatic rings. The molecule has 3 heteroatoms. The van der Waals surface area contributed by atoms with E-state index in [4.69, 9.17) is 10.5 Å². The molecule has 17 heavy (non-hydrogen) atoms. The molecular weight excluding hydrogens is 278 g/mol. The number of benzene rings is 1. The Balaban J connectivity index is 1.97. The quantitative estimate of drug-likeness (QED) is 0.790. The molecule has 0 saturated heterocycles. The van der Waals surface area contributed by atoms with Gasteiger partial charge in [-0.2, -0.15) is 0 Å². The lowest BCUT2D eigenvalue weighted by atomic mass is 9.86. The second-order valence-electron chi connectivity index (χ2n) is 5.63. The fourth-order valence-electron chi connectivity index (χ4n) is 3.32. The number of hydrogen-bond acceptors (Lipinski definition) is 2. The van der Waals surface area contributed by atoms with Crippen molar-refractivity contribution in [3.63, 3.8) is 0 Å². The van der Waals surface area contributed by atoms with Gasteiger partial charge in [0.05, 0.1) is 0 Å². The predicted octanol–water partition coefficient (Wildman–Crippen LogP) is 3.79. The average Bonchev–Trinajstić information content (AvgIpc) is 2.58. The molecule has 0 aromatic heterocycles. The summed E-state index contributed by atoms with van der Waals surface area (Å²) in [4.78, 5) is 0. The van der Waals surface area contributed by atoms with Gasteiger partial charge >= 0.3 is 0 Å². The Morgan fingerprint density at radius 2 is 2.24 bits per heavy atom. The molecule has 3 rings (SSSR count). The highest BCUT2D eigenvalue weighted by Gasteiger charge is 2.44. The summed E-state index contributed by atoms with van der Waals surface area (Å²) in [7, 11) is 0. The van der Waals surface area contributed by atoms with E-state index >= 15 is 0 Å². The molecule has 1 aromatic carbocycles. The van der Waals surface area contributed by atoms with Gasteiger partial charge in [-0.25, -0.2) is 0 Å². The highest BCUT2D eigenvalue weighted by atomic mass is 79.9. The molecule has 2 N–H and O–H groups in total. The summed E-state index contributed by atoms with van der Waals surface area (Å²) in [5.41, 5.74) is 7.46. The van der Waals surface area contributed by atoms with Gasteiger partial charge in [0.2, 0.25) is 0 Å². The van der Waals surface area contributed by atoms with E-state index in [2.05, 4.69) is 35.0 Å². The third-order valence-electron chi connectivity index (χ3n) is 4.11. The first-order chi connectivity index (χ1) is 8.08. The second kappa shape index (κ2) is 3.99. The molecule has 1 aliphatic heterocycles. The van der Waals surface area contributed by atoms with Gasteiger partial charge in [0.1, 0.15) is 11.4 Å². The van der Waals surface area contributed by atoms with Crippen molar-refractivity contribution in [1.82, 2.24) is 0 Å². The number of fused-ring (bicyclic) bond motifs is 1. The van der Waals surface area contributed by atoms with Crippen LogP contribution < -0.4 is 10.5 Å². The predicted molar refractivity (Wildman–Crippen MR) is 72.1 cm³/mol. The Morgan fingerprint density at radius 1 is 1.41 bits per heavy atom. The van der Waals surface area contributed by atoms with E-state index in [1.807, 2.05) is 6.07 Å². The number of nitrogens with two attached hydrogens (primary N) is 1. The first-order valence-electron chi connectivity index (χ1n) is 6.32. The minimum Gasteiger partial charge on any atom is -0.487 e. The third kappa shape index (κ3) is 2.00. The fraction of sp³-hybridized carbons (Fsp3) is 0.571. The lowest BCUT2D eigenvalue weighted by Crippen LogP contribution is -2.40. The van der Waals surface area contributed by atoms with Crippen LogP contribution in [0.4, 0.5) is 0 Å². The van der Waals surface area contributed by atoms with Gasteiger partial charge in [0, 0.05) is 22.5 Å². The maximum absolute atomic E-state index is 6.30. The van der Waals surface area contributed by atoms with Crippen LogP contribution in [0.1, 0.15) is 44.2 Å². The van der Waals surface area contributed by atoms with Gasteiger partial charge in [-0.15, -0.1) is 0 Å². The van der Waals surface area contributed by atoms with Crippen LogP contribution in [0.25, 0.3) is 0 Å². The van der Waals surface area contributed by atoms with E-state index in [9.17, 15) is 0 Å². The van der Waals surface area contributed by atoms with Crippen molar-refractivity contribution in [3.05, 3.63) is 28.2 Å². The van der Waals surface area contributed by atoms with Crippen molar-refractivity contribution in [2.24, 2.45) is 11.7 Å². The normalized spacial score (nSPS) is 35.7. The SMILES string of the molecule is CC1CCC2(C1)C[C@H](N)c1ccc(Br)cc1O2. The van der Waals surface area contributed by atoms with Crippen LogP contribution in [-0.4, -0.2) is 5.60 Å². The topological polar surface area (TPSA) is 35.2 Å². The molecule has 0 amide bonds. The van der Waals surface area contributed by atoms with E-state index in [1.54, 1.807) is 0 Å². The highest BCUT2D eigenvalue weighted by molar-refractivity contribution is 9.10. The van der Waals surface area contributed by atoms with Gasteiger partial charge < -0.3 is 10.5 Å². The molecular formula is C14H18BrNO. The molecule has 0 bridgehead atoms. The Bertz CT molecular complexity index is 448. The largest absolute Gasteiger partial charge is 0.487 e. The monoisotopic (exact) mass is 295 g/mol. The summed E-state index contributed by atoms with van der Waals surface area (Å²) in [5.74, 6) is 1.74. The van der Waals surface area contributed by atoms with Gasteiger partial charge in [-0.3, -0.25) is 0 Å². The molecule has 1 spiro atoms. The Morgan fingerprint density at radius 3 is 2.94 bits per heavy atom.